The van der Waals surface area contributed by atoms with Gasteiger partial charge in [-0.2, -0.15) is 0 Å². The molecule has 4 fully saturated rings. The van der Waals surface area contributed by atoms with Gasteiger partial charge in [-0.05, 0) is 98.2 Å². The molecule has 6 N–H and O–H groups in total. The van der Waals surface area contributed by atoms with Gasteiger partial charge in [-0.3, -0.25) is 0 Å². The zero-order chi connectivity index (χ0) is 24.3. The van der Waals surface area contributed by atoms with Crippen molar-refractivity contribution in [2.45, 2.75) is 115 Å². The molecule has 192 valence electrons. The van der Waals surface area contributed by atoms with Crippen LogP contribution in [0, 0.1) is 46.3 Å². The van der Waals surface area contributed by atoms with E-state index in [-0.39, 0.29) is 53.1 Å². The third kappa shape index (κ3) is 4.21. The van der Waals surface area contributed by atoms with E-state index in [4.69, 9.17) is 0 Å². The maximum atomic E-state index is 11.4. The van der Waals surface area contributed by atoms with Crippen molar-refractivity contribution in [3.63, 3.8) is 0 Å². The smallest absolute Gasteiger partial charge is 0.0849 e. The van der Waals surface area contributed by atoms with Gasteiger partial charge in [-0.15, -0.1) is 0 Å². The van der Waals surface area contributed by atoms with E-state index in [2.05, 4.69) is 20.8 Å². The maximum absolute atomic E-state index is 11.4. The number of hydrogen-bond acceptors (Lipinski definition) is 6. The molecule has 0 radical (unpaired) electrons. The maximum Gasteiger partial charge on any atom is 0.0849 e. The molecule has 13 atom stereocenters. The van der Waals surface area contributed by atoms with Crippen LogP contribution in [0.2, 0.25) is 0 Å². The number of aliphatic hydroxyl groups is 6. The first-order valence-electron chi connectivity index (χ1n) is 13.4. The van der Waals surface area contributed by atoms with Crippen molar-refractivity contribution in [2.75, 3.05) is 6.61 Å². The Labute approximate surface area is 199 Å². The summed E-state index contributed by atoms with van der Waals surface area (Å²) in [5.41, 5.74) is -1.28. The van der Waals surface area contributed by atoms with E-state index in [9.17, 15) is 30.6 Å². The summed E-state index contributed by atoms with van der Waals surface area (Å²) in [6.45, 7) is 8.11. The summed E-state index contributed by atoms with van der Waals surface area (Å²) in [5.74, 6) is 0.855. The largest absolute Gasteiger partial charge is 0.393 e. The molecule has 0 aliphatic heterocycles. The fourth-order valence-electron chi connectivity index (χ4n) is 9.46. The van der Waals surface area contributed by atoms with E-state index in [0.29, 0.717) is 25.2 Å². The third-order valence-electron chi connectivity index (χ3n) is 11.1. The number of aliphatic hydroxyl groups excluding tert-OH is 5. The molecule has 6 nitrogen and oxygen atoms in total. The number of rotatable bonds is 6. The standard InChI is InChI=1S/C27H48O6/c1-15(6-5-9-25(2,33)14-28)21-23(31)24(32)22-17-13-20(30)19-12-16(29)7-10-26(19,3)18(17)8-11-27(21,22)4/h15-24,28-33H,5-14H2,1-4H3/t15-,16+,17?,18?,19?,20-,21+,22?,23-,24-,25+,26-,27-/m1/s1. The minimum atomic E-state index is -1.07. The lowest BCUT2D eigenvalue weighted by Gasteiger charge is -2.62. The molecule has 4 rings (SSSR count). The number of fused-ring (bicyclic) bond motifs is 5. The summed E-state index contributed by atoms with van der Waals surface area (Å²) < 4.78 is 0. The average Bonchev–Trinajstić information content (AvgIpc) is 2.95. The zero-order valence-electron chi connectivity index (χ0n) is 21.0. The van der Waals surface area contributed by atoms with Crippen molar-refractivity contribution in [1.29, 1.82) is 0 Å². The molecule has 0 spiro atoms. The Morgan fingerprint density at radius 1 is 0.939 bits per heavy atom. The number of hydrogen-bond donors (Lipinski definition) is 6. The van der Waals surface area contributed by atoms with Crippen molar-refractivity contribution in [3.05, 3.63) is 0 Å². The second-order valence-corrected chi connectivity index (χ2v) is 13.2. The first-order valence-corrected chi connectivity index (χ1v) is 13.4. The lowest BCUT2D eigenvalue weighted by Crippen LogP contribution is -2.59. The molecule has 4 aliphatic rings. The van der Waals surface area contributed by atoms with Gasteiger partial charge in [0.05, 0.1) is 36.6 Å². The average molecular weight is 469 g/mol. The van der Waals surface area contributed by atoms with Crippen LogP contribution in [0.15, 0.2) is 0 Å². The van der Waals surface area contributed by atoms with Crippen molar-refractivity contribution in [2.24, 2.45) is 46.3 Å². The Morgan fingerprint density at radius 2 is 1.61 bits per heavy atom. The van der Waals surface area contributed by atoms with Gasteiger partial charge in [0, 0.05) is 0 Å². The second kappa shape index (κ2) is 9.01. The minimum Gasteiger partial charge on any atom is -0.393 e. The van der Waals surface area contributed by atoms with E-state index in [1.54, 1.807) is 6.92 Å². The summed E-state index contributed by atoms with van der Waals surface area (Å²) in [6.07, 6.45) is 4.83. The molecule has 4 unspecified atom stereocenters. The zero-order valence-corrected chi connectivity index (χ0v) is 21.0. The van der Waals surface area contributed by atoms with Gasteiger partial charge in [-0.25, -0.2) is 0 Å². The van der Waals surface area contributed by atoms with E-state index in [1.807, 2.05) is 0 Å². The van der Waals surface area contributed by atoms with Crippen LogP contribution in [-0.4, -0.2) is 67.3 Å². The highest BCUT2D eigenvalue weighted by Crippen LogP contribution is 2.68. The molecule has 33 heavy (non-hydrogen) atoms. The molecule has 0 saturated heterocycles. The van der Waals surface area contributed by atoms with Crippen LogP contribution < -0.4 is 0 Å². The Hall–Kier alpha value is -0.240. The lowest BCUT2D eigenvalue weighted by atomic mass is 9.43. The molecule has 6 heteroatoms. The van der Waals surface area contributed by atoms with Gasteiger partial charge >= 0.3 is 0 Å². The van der Waals surface area contributed by atoms with Gasteiger partial charge in [0.25, 0.3) is 0 Å². The van der Waals surface area contributed by atoms with Crippen molar-refractivity contribution in [1.82, 2.24) is 0 Å². The summed E-state index contributed by atoms with van der Waals surface area (Å²) in [7, 11) is 0. The van der Waals surface area contributed by atoms with Gasteiger partial charge in [0.1, 0.15) is 0 Å². The van der Waals surface area contributed by atoms with Crippen LogP contribution in [0.25, 0.3) is 0 Å². The minimum absolute atomic E-state index is 0.0200. The van der Waals surface area contributed by atoms with E-state index in [0.717, 1.165) is 38.5 Å². The topological polar surface area (TPSA) is 121 Å². The Balaban J connectivity index is 1.55. The molecule has 0 aromatic rings. The van der Waals surface area contributed by atoms with Crippen LogP contribution in [0.1, 0.15) is 85.5 Å². The predicted octanol–water partition coefficient (Wildman–Crippen LogP) is 2.47. The predicted molar refractivity (Wildman–Crippen MR) is 126 cm³/mol. The molecule has 0 aromatic carbocycles. The Kier molecular flexibility index (Phi) is 7.05. The molecule has 4 aliphatic carbocycles. The van der Waals surface area contributed by atoms with Crippen molar-refractivity contribution >= 4 is 0 Å². The highest BCUT2D eigenvalue weighted by Gasteiger charge is 2.67. The molecule has 0 heterocycles. The summed E-state index contributed by atoms with van der Waals surface area (Å²) in [6, 6.07) is 0. The molecule has 4 saturated carbocycles. The van der Waals surface area contributed by atoms with Crippen LogP contribution >= 0.6 is 0 Å². The molecule has 0 bridgehead atoms. The monoisotopic (exact) mass is 468 g/mol. The first kappa shape index (κ1) is 25.8. The van der Waals surface area contributed by atoms with Crippen LogP contribution in [0.3, 0.4) is 0 Å². The lowest BCUT2D eigenvalue weighted by molar-refractivity contribution is -0.181. The molecular weight excluding hydrogens is 420 g/mol. The van der Waals surface area contributed by atoms with Gasteiger partial charge < -0.3 is 30.6 Å². The molecular formula is C27H48O6. The van der Waals surface area contributed by atoms with Crippen LogP contribution in [0.4, 0.5) is 0 Å². The Morgan fingerprint density at radius 3 is 2.27 bits per heavy atom. The van der Waals surface area contributed by atoms with Gasteiger partial charge in [-0.1, -0.05) is 33.6 Å². The fourth-order valence-corrected chi connectivity index (χ4v) is 9.46. The van der Waals surface area contributed by atoms with Crippen molar-refractivity contribution < 1.29 is 30.6 Å². The summed E-state index contributed by atoms with van der Waals surface area (Å²) in [4.78, 5) is 0. The van der Waals surface area contributed by atoms with Crippen LogP contribution in [-0.2, 0) is 0 Å². The summed E-state index contributed by atoms with van der Waals surface area (Å²) in [5, 5.41) is 63.6. The molecule has 0 aromatic heterocycles. The Bertz CT molecular complexity index is 698. The van der Waals surface area contributed by atoms with E-state index in [1.165, 1.54) is 0 Å². The van der Waals surface area contributed by atoms with Gasteiger partial charge in [0.15, 0.2) is 0 Å². The quantitative estimate of drug-likeness (QED) is 0.356. The van der Waals surface area contributed by atoms with E-state index >= 15 is 0 Å². The van der Waals surface area contributed by atoms with Crippen LogP contribution in [0.5, 0.6) is 0 Å². The summed E-state index contributed by atoms with van der Waals surface area (Å²) >= 11 is 0. The molecule has 0 amide bonds. The second-order valence-electron chi connectivity index (χ2n) is 13.2. The fraction of sp³-hybridized carbons (Fsp3) is 1.00. The highest BCUT2D eigenvalue weighted by atomic mass is 16.3. The van der Waals surface area contributed by atoms with E-state index < -0.39 is 23.9 Å². The van der Waals surface area contributed by atoms with Gasteiger partial charge in [0.2, 0.25) is 0 Å². The SMILES string of the molecule is C[C@H](CCC[C@](C)(O)CO)[C@H]1[C@@H](O)[C@H](O)C2C3C[C@@H](O)C4C[C@@H](O)CC[C@]4(C)C3CC[C@@]21C. The highest BCUT2D eigenvalue weighted by molar-refractivity contribution is 5.15. The first-order chi connectivity index (χ1) is 15.4. The normalized spacial score (nSPS) is 52.4. The van der Waals surface area contributed by atoms with Crippen molar-refractivity contribution in [3.8, 4) is 0 Å². The third-order valence-corrected chi connectivity index (χ3v) is 11.1.